The van der Waals surface area contributed by atoms with E-state index in [1.807, 2.05) is 13.8 Å². The van der Waals surface area contributed by atoms with Gasteiger partial charge >= 0.3 is 6.36 Å². The molecule has 10 nitrogen and oxygen atoms in total. The van der Waals surface area contributed by atoms with Gasteiger partial charge in [-0.1, -0.05) is 43.6 Å². The SMILES string of the molecule is COc1ccc(S(=O)(=O)N2C(=O)C(N[C@@H](CC(C)C)C(=O)N(C)C)(c3ccccc3OC)c3cc(Cl)ccc32)c(OC(F)(F)F)c1. The minimum atomic E-state index is -5.28. The fourth-order valence-electron chi connectivity index (χ4n) is 5.43. The Bertz CT molecular complexity index is 1750. The number of methoxy groups -OCH3 is 2. The number of amides is 2. The summed E-state index contributed by atoms with van der Waals surface area (Å²) in [5.74, 6) is -2.67. The Balaban J connectivity index is 2.07. The van der Waals surface area contributed by atoms with Crippen LogP contribution in [-0.2, 0) is 25.2 Å². The second-order valence-corrected chi connectivity index (χ2v) is 13.3. The van der Waals surface area contributed by atoms with Gasteiger partial charge in [-0.05, 0) is 48.7 Å². The fourth-order valence-corrected chi connectivity index (χ4v) is 7.17. The van der Waals surface area contributed by atoms with Crippen LogP contribution in [0.25, 0.3) is 0 Å². The third-order valence-corrected chi connectivity index (χ3v) is 9.30. The summed E-state index contributed by atoms with van der Waals surface area (Å²) in [6, 6.07) is 12.0. The van der Waals surface area contributed by atoms with E-state index >= 15 is 0 Å². The van der Waals surface area contributed by atoms with Crippen LogP contribution in [0.3, 0.4) is 0 Å². The topological polar surface area (TPSA) is 114 Å². The van der Waals surface area contributed by atoms with E-state index in [4.69, 9.17) is 21.1 Å². The van der Waals surface area contributed by atoms with E-state index in [0.717, 1.165) is 18.2 Å². The van der Waals surface area contributed by atoms with Crippen molar-refractivity contribution in [2.45, 2.75) is 43.1 Å². The molecule has 1 aliphatic rings. The Morgan fingerprint density at radius 2 is 1.67 bits per heavy atom. The highest BCUT2D eigenvalue weighted by molar-refractivity contribution is 7.93. The van der Waals surface area contributed by atoms with Gasteiger partial charge in [-0.3, -0.25) is 14.9 Å². The van der Waals surface area contributed by atoms with E-state index in [1.54, 1.807) is 18.2 Å². The molecule has 0 aliphatic carbocycles. The van der Waals surface area contributed by atoms with E-state index in [0.29, 0.717) is 4.31 Å². The molecule has 3 aromatic carbocycles. The molecule has 1 heterocycles. The van der Waals surface area contributed by atoms with Crippen LogP contribution < -0.4 is 23.8 Å². The second kappa shape index (κ2) is 13.0. The first-order chi connectivity index (χ1) is 21.5. The zero-order valence-electron chi connectivity index (χ0n) is 25.8. The van der Waals surface area contributed by atoms with Crippen LogP contribution in [0.4, 0.5) is 18.9 Å². The molecule has 1 unspecified atom stereocenters. The number of alkyl halides is 3. The van der Waals surface area contributed by atoms with Gasteiger partial charge in [-0.15, -0.1) is 13.2 Å². The molecule has 0 saturated carbocycles. The summed E-state index contributed by atoms with van der Waals surface area (Å²) in [7, 11) is 0.462. The van der Waals surface area contributed by atoms with Gasteiger partial charge < -0.3 is 19.1 Å². The highest BCUT2D eigenvalue weighted by Crippen LogP contribution is 2.51. The van der Waals surface area contributed by atoms with Gasteiger partial charge in [0.1, 0.15) is 16.4 Å². The first-order valence-electron chi connectivity index (χ1n) is 13.9. The number of para-hydroxylation sites is 1. The summed E-state index contributed by atoms with van der Waals surface area (Å²) < 4.78 is 84.4. The highest BCUT2D eigenvalue weighted by atomic mass is 35.5. The molecule has 0 saturated heterocycles. The predicted molar refractivity (Wildman–Crippen MR) is 165 cm³/mol. The molecule has 0 bridgehead atoms. The summed E-state index contributed by atoms with van der Waals surface area (Å²) in [6.07, 6.45) is -5.05. The maximum Gasteiger partial charge on any atom is 0.573 e. The van der Waals surface area contributed by atoms with Gasteiger partial charge in [0.25, 0.3) is 15.9 Å². The molecule has 0 aromatic heterocycles. The van der Waals surface area contributed by atoms with E-state index in [1.165, 1.54) is 57.5 Å². The molecule has 3 aromatic rings. The van der Waals surface area contributed by atoms with Crippen LogP contribution in [0, 0.1) is 5.92 Å². The van der Waals surface area contributed by atoms with E-state index < -0.39 is 50.4 Å². The highest BCUT2D eigenvalue weighted by Gasteiger charge is 2.59. The molecule has 1 aliphatic heterocycles. The Morgan fingerprint density at radius 1 is 1.00 bits per heavy atom. The van der Waals surface area contributed by atoms with Crippen molar-refractivity contribution in [3.8, 4) is 17.2 Å². The first-order valence-corrected chi connectivity index (χ1v) is 15.8. The summed E-state index contributed by atoms with van der Waals surface area (Å²) in [5.41, 5.74) is -2.15. The molecule has 248 valence electrons. The number of carbonyl (C=O) groups is 2. The number of halogens is 4. The number of sulfonamides is 1. The summed E-state index contributed by atoms with van der Waals surface area (Å²) in [4.78, 5) is 28.9. The summed E-state index contributed by atoms with van der Waals surface area (Å²) >= 11 is 6.43. The minimum absolute atomic E-state index is 0.0326. The van der Waals surface area contributed by atoms with Gasteiger partial charge in [0.2, 0.25) is 5.91 Å². The molecule has 0 spiro atoms. The van der Waals surface area contributed by atoms with Gasteiger partial charge in [0, 0.05) is 36.3 Å². The number of anilines is 1. The van der Waals surface area contributed by atoms with Crippen molar-refractivity contribution < 1.29 is 45.4 Å². The molecular weight excluding hydrogens is 651 g/mol. The third-order valence-electron chi connectivity index (χ3n) is 7.33. The van der Waals surface area contributed by atoms with Gasteiger partial charge in [-0.25, -0.2) is 12.7 Å². The maximum atomic E-state index is 15.0. The van der Waals surface area contributed by atoms with Crippen molar-refractivity contribution >= 4 is 39.1 Å². The molecule has 2 atom stereocenters. The number of nitrogens with zero attached hydrogens (tertiary/aromatic N) is 2. The monoisotopic (exact) mass is 683 g/mol. The lowest BCUT2D eigenvalue weighted by Crippen LogP contribution is -2.59. The molecular formula is C31H33ClF3N3O7S. The van der Waals surface area contributed by atoms with Crippen LogP contribution in [0.5, 0.6) is 17.2 Å². The molecule has 4 rings (SSSR count). The Morgan fingerprint density at radius 3 is 2.26 bits per heavy atom. The van der Waals surface area contributed by atoms with Crippen LogP contribution >= 0.6 is 11.6 Å². The Labute approximate surface area is 270 Å². The van der Waals surface area contributed by atoms with Crippen molar-refractivity contribution in [2.75, 3.05) is 32.6 Å². The lowest BCUT2D eigenvalue weighted by Gasteiger charge is -2.36. The zero-order chi connectivity index (χ0) is 34.2. The average molecular weight is 684 g/mol. The number of carbonyl (C=O) groups excluding carboxylic acids is 2. The Kier molecular flexibility index (Phi) is 9.86. The molecule has 0 radical (unpaired) electrons. The van der Waals surface area contributed by atoms with Crippen LogP contribution in [-0.4, -0.2) is 65.9 Å². The fraction of sp³-hybridized carbons (Fsp3) is 0.355. The third kappa shape index (κ3) is 6.46. The van der Waals surface area contributed by atoms with Crippen molar-refractivity contribution in [2.24, 2.45) is 5.92 Å². The summed E-state index contributed by atoms with van der Waals surface area (Å²) in [5, 5.41) is 3.30. The van der Waals surface area contributed by atoms with Crippen LogP contribution in [0.1, 0.15) is 31.4 Å². The van der Waals surface area contributed by atoms with Crippen LogP contribution in [0.2, 0.25) is 5.02 Å². The van der Waals surface area contributed by atoms with E-state index in [9.17, 15) is 31.2 Å². The van der Waals surface area contributed by atoms with Gasteiger partial charge in [0.05, 0.1) is 25.9 Å². The molecule has 0 fully saturated rings. The lowest BCUT2D eigenvalue weighted by molar-refractivity contribution is -0.275. The quantitative estimate of drug-likeness (QED) is 0.289. The summed E-state index contributed by atoms with van der Waals surface area (Å²) in [6.45, 7) is 3.74. The van der Waals surface area contributed by atoms with Crippen LogP contribution in [0.15, 0.2) is 65.6 Å². The predicted octanol–water partition coefficient (Wildman–Crippen LogP) is 5.33. The standard InChI is InChI=1S/C31H33ClF3N3O7S/c1-18(2)15-23(28(39)37(3)4)36-30(21-9-7-8-10-25(21)44-6)22-16-19(32)11-13-24(22)38(29(30)40)46(41,42)27-14-12-20(43-5)17-26(27)45-31(33,34)35/h7-14,16-18,23,36H,15H2,1-6H3/t23-,30?/m0/s1. The van der Waals surface area contributed by atoms with Crippen molar-refractivity contribution in [1.82, 2.24) is 10.2 Å². The molecule has 1 N–H and O–H groups in total. The van der Waals surface area contributed by atoms with Gasteiger partial charge in [0.15, 0.2) is 11.3 Å². The number of likely N-dealkylation sites (N-methyl/N-ethyl adjacent to an activating group) is 1. The zero-order valence-corrected chi connectivity index (χ0v) is 27.4. The average Bonchev–Trinajstić information content (AvgIpc) is 3.22. The minimum Gasteiger partial charge on any atom is -0.497 e. The number of fused-ring (bicyclic) bond motifs is 1. The number of ether oxygens (including phenoxy) is 3. The van der Waals surface area contributed by atoms with Gasteiger partial charge in [-0.2, -0.15) is 0 Å². The Hall–Kier alpha value is -4.01. The lowest BCUT2D eigenvalue weighted by atomic mass is 9.81. The van der Waals surface area contributed by atoms with Crippen molar-refractivity contribution in [3.05, 3.63) is 76.8 Å². The van der Waals surface area contributed by atoms with E-state index in [2.05, 4.69) is 10.1 Å². The number of benzene rings is 3. The number of hydrogen-bond acceptors (Lipinski definition) is 8. The molecule has 2 amide bonds. The number of hydrogen-bond donors (Lipinski definition) is 1. The van der Waals surface area contributed by atoms with Crippen molar-refractivity contribution in [3.63, 3.8) is 0 Å². The largest absolute Gasteiger partial charge is 0.573 e. The number of nitrogens with one attached hydrogen (secondary N) is 1. The number of rotatable bonds is 11. The first kappa shape index (κ1) is 34.9. The molecule has 46 heavy (non-hydrogen) atoms. The van der Waals surface area contributed by atoms with Crippen molar-refractivity contribution in [1.29, 1.82) is 0 Å². The molecule has 15 heteroatoms. The second-order valence-electron chi connectivity index (χ2n) is 11.1. The van der Waals surface area contributed by atoms with E-state index in [-0.39, 0.29) is 45.7 Å². The smallest absolute Gasteiger partial charge is 0.497 e. The maximum absolute atomic E-state index is 15.0. The normalized spacial score (nSPS) is 17.1.